The third kappa shape index (κ3) is 5.66. The fourth-order valence-electron chi connectivity index (χ4n) is 4.48. The van der Waals surface area contributed by atoms with Crippen molar-refractivity contribution in [2.24, 2.45) is 5.92 Å². The van der Waals surface area contributed by atoms with Gasteiger partial charge in [-0.25, -0.2) is 4.39 Å². The lowest BCUT2D eigenvalue weighted by Gasteiger charge is -2.32. The number of rotatable bonds is 6. The lowest BCUT2D eigenvalue weighted by atomic mass is 9.86. The number of benzene rings is 1. The predicted molar refractivity (Wildman–Crippen MR) is 102 cm³/mol. The first-order chi connectivity index (χ1) is 13.0. The van der Waals surface area contributed by atoms with Crippen molar-refractivity contribution in [2.75, 3.05) is 39.8 Å². The number of ether oxygens (including phenoxy) is 1. The number of quaternary nitrogens is 2. The third-order valence-corrected chi connectivity index (χ3v) is 6.22. The SMILES string of the molecule is COc1ccc(F)cc1C[NH+]1CC[NH+](CC(=O)N[C@H]2CCCC[C@@H]2C)CC1. The summed E-state index contributed by atoms with van der Waals surface area (Å²) >= 11 is 0. The van der Waals surface area contributed by atoms with Gasteiger partial charge in [-0.3, -0.25) is 4.79 Å². The van der Waals surface area contributed by atoms with Gasteiger partial charge in [-0.2, -0.15) is 0 Å². The van der Waals surface area contributed by atoms with E-state index in [9.17, 15) is 9.18 Å². The summed E-state index contributed by atoms with van der Waals surface area (Å²) in [4.78, 5) is 15.2. The molecule has 6 heteroatoms. The minimum atomic E-state index is -0.219. The Balaban J connectivity index is 1.43. The molecule has 2 fully saturated rings. The molecular formula is C21H34FN3O2+2. The Morgan fingerprint density at radius 1 is 1.19 bits per heavy atom. The number of carbonyl (C=O) groups is 1. The van der Waals surface area contributed by atoms with Crippen LogP contribution in [0.4, 0.5) is 4.39 Å². The summed E-state index contributed by atoms with van der Waals surface area (Å²) in [6.07, 6.45) is 4.87. The predicted octanol–water partition coefficient (Wildman–Crippen LogP) is -0.187. The van der Waals surface area contributed by atoms with Gasteiger partial charge in [-0.1, -0.05) is 19.8 Å². The number of halogens is 1. The molecule has 1 aliphatic carbocycles. The highest BCUT2D eigenvalue weighted by Gasteiger charge is 2.28. The average molecular weight is 380 g/mol. The molecule has 1 aromatic carbocycles. The molecule has 3 N–H and O–H groups in total. The van der Waals surface area contributed by atoms with E-state index in [-0.39, 0.29) is 11.7 Å². The van der Waals surface area contributed by atoms with Crippen molar-refractivity contribution in [2.45, 2.75) is 45.2 Å². The van der Waals surface area contributed by atoms with Crippen LogP contribution >= 0.6 is 0 Å². The van der Waals surface area contributed by atoms with E-state index >= 15 is 0 Å². The fraction of sp³-hybridized carbons (Fsp3) is 0.667. The van der Waals surface area contributed by atoms with E-state index in [0.29, 0.717) is 18.5 Å². The zero-order chi connectivity index (χ0) is 19.2. The molecule has 1 saturated heterocycles. The number of hydrogen-bond donors (Lipinski definition) is 3. The minimum Gasteiger partial charge on any atom is -0.496 e. The molecule has 0 aromatic heterocycles. The van der Waals surface area contributed by atoms with Gasteiger partial charge in [-0.15, -0.1) is 0 Å². The first-order valence-corrected chi connectivity index (χ1v) is 10.3. The highest BCUT2D eigenvalue weighted by Crippen LogP contribution is 2.23. The van der Waals surface area contributed by atoms with Gasteiger partial charge >= 0.3 is 0 Å². The zero-order valence-electron chi connectivity index (χ0n) is 16.7. The number of carbonyl (C=O) groups excluding carboxylic acids is 1. The van der Waals surface area contributed by atoms with E-state index in [1.165, 1.54) is 35.1 Å². The van der Waals surface area contributed by atoms with E-state index in [4.69, 9.17) is 4.74 Å². The van der Waals surface area contributed by atoms with E-state index in [0.717, 1.165) is 50.5 Å². The van der Waals surface area contributed by atoms with Crippen LogP contribution in [0.25, 0.3) is 0 Å². The molecule has 1 aromatic rings. The molecule has 0 radical (unpaired) electrons. The maximum absolute atomic E-state index is 13.5. The molecule has 150 valence electrons. The maximum atomic E-state index is 13.5. The van der Waals surface area contributed by atoms with Crippen LogP contribution in [0.5, 0.6) is 5.75 Å². The number of nitrogens with one attached hydrogen (secondary N) is 3. The molecule has 3 rings (SSSR count). The van der Waals surface area contributed by atoms with Gasteiger partial charge in [0.25, 0.3) is 5.91 Å². The van der Waals surface area contributed by atoms with Crippen molar-refractivity contribution in [3.05, 3.63) is 29.6 Å². The summed E-state index contributed by atoms with van der Waals surface area (Å²) < 4.78 is 18.9. The monoisotopic (exact) mass is 379 g/mol. The molecule has 0 spiro atoms. The summed E-state index contributed by atoms with van der Waals surface area (Å²) in [5.41, 5.74) is 0.917. The van der Waals surface area contributed by atoms with Crippen molar-refractivity contribution in [3.8, 4) is 5.75 Å². The quantitative estimate of drug-likeness (QED) is 0.642. The fourth-order valence-corrected chi connectivity index (χ4v) is 4.48. The summed E-state index contributed by atoms with van der Waals surface area (Å²) in [5.74, 6) is 1.32. The second kappa shape index (κ2) is 9.51. The Hall–Kier alpha value is -1.66. The minimum absolute atomic E-state index is 0.194. The van der Waals surface area contributed by atoms with Gasteiger partial charge in [-0.05, 0) is 37.0 Å². The Morgan fingerprint density at radius 2 is 1.89 bits per heavy atom. The summed E-state index contributed by atoms with van der Waals surface area (Å²) in [7, 11) is 1.62. The van der Waals surface area contributed by atoms with E-state index < -0.39 is 0 Å². The molecule has 1 heterocycles. The standard InChI is InChI=1S/C21H32FN3O2/c1-16-5-3-4-6-19(16)23-21(26)15-25-11-9-24(10-12-25)14-17-13-18(22)7-8-20(17)27-2/h7-8,13,16,19H,3-6,9-12,14-15H2,1-2H3,(H,23,26)/p+2/t16-,19-/m0/s1. The van der Waals surface area contributed by atoms with Crippen molar-refractivity contribution < 1.29 is 23.7 Å². The largest absolute Gasteiger partial charge is 0.496 e. The summed E-state index contributed by atoms with van der Waals surface area (Å²) in [5, 5.41) is 3.26. The van der Waals surface area contributed by atoms with Crippen molar-refractivity contribution in [1.82, 2.24) is 5.32 Å². The lowest BCUT2D eigenvalue weighted by Crippen LogP contribution is -3.28. The van der Waals surface area contributed by atoms with Crippen LogP contribution in [-0.4, -0.2) is 51.8 Å². The first-order valence-electron chi connectivity index (χ1n) is 10.3. The van der Waals surface area contributed by atoms with Crippen LogP contribution in [0.1, 0.15) is 38.2 Å². The number of hydrogen-bond acceptors (Lipinski definition) is 2. The Kier molecular flexibility index (Phi) is 7.07. The number of methoxy groups -OCH3 is 1. The van der Waals surface area contributed by atoms with Gasteiger partial charge in [0, 0.05) is 6.04 Å². The van der Waals surface area contributed by atoms with Crippen LogP contribution < -0.4 is 19.9 Å². The third-order valence-electron chi connectivity index (χ3n) is 6.22. The Labute approximate surface area is 161 Å². The van der Waals surface area contributed by atoms with Gasteiger partial charge in [0.05, 0.1) is 12.7 Å². The molecule has 27 heavy (non-hydrogen) atoms. The van der Waals surface area contributed by atoms with Crippen LogP contribution in [-0.2, 0) is 11.3 Å². The lowest BCUT2D eigenvalue weighted by molar-refractivity contribution is -1.02. The van der Waals surface area contributed by atoms with Crippen molar-refractivity contribution >= 4 is 5.91 Å². The maximum Gasteiger partial charge on any atom is 0.275 e. The highest BCUT2D eigenvalue weighted by molar-refractivity contribution is 5.77. The molecular weight excluding hydrogens is 345 g/mol. The second-order valence-electron chi connectivity index (χ2n) is 8.25. The van der Waals surface area contributed by atoms with Crippen molar-refractivity contribution in [1.29, 1.82) is 0 Å². The zero-order valence-corrected chi connectivity index (χ0v) is 16.7. The topological polar surface area (TPSA) is 47.2 Å². The molecule has 1 saturated carbocycles. The number of piperazine rings is 1. The normalized spacial score (nSPS) is 28.6. The van der Waals surface area contributed by atoms with Gasteiger partial charge in [0.15, 0.2) is 6.54 Å². The molecule has 0 unspecified atom stereocenters. The average Bonchev–Trinajstić information content (AvgIpc) is 2.65. The first kappa shape index (κ1) is 20.1. The van der Waals surface area contributed by atoms with Crippen LogP contribution in [0.15, 0.2) is 18.2 Å². The molecule has 1 aliphatic heterocycles. The van der Waals surface area contributed by atoms with Crippen LogP contribution in [0.2, 0.25) is 0 Å². The van der Waals surface area contributed by atoms with Gasteiger partial charge < -0.3 is 19.9 Å². The highest BCUT2D eigenvalue weighted by atomic mass is 19.1. The molecule has 0 bridgehead atoms. The van der Waals surface area contributed by atoms with E-state index in [2.05, 4.69) is 12.2 Å². The van der Waals surface area contributed by atoms with Crippen LogP contribution in [0.3, 0.4) is 0 Å². The van der Waals surface area contributed by atoms with E-state index in [1.54, 1.807) is 19.2 Å². The molecule has 1 amide bonds. The summed E-state index contributed by atoms with van der Waals surface area (Å²) in [6, 6.07) is 5.07. The molecule has 2 aliphatic rings. The van der Waals surface area contributed by atoms with Crippen molar-refractivity contribution in [3.63, 3.8) is 0 Å². The van der Waals surface area contributed by atoms with E-state index in [1.807, 2.05) is 0 Å². The van der Waals surface area contributed by atoms with Crippen LogP contribution in [0, 0.1) is 11.7 Å². The molecule has 2 atom stereocenters. The van der Waals surface area contributed by atoms with Gasteiger partial charge in [0.2, 0.25) is 0 Å². The number of amides is 1. The second-order valence-corrected chi connectivity index (χ2v) is 8.25. The summed E-state index contributed by atoms with van der Waals surface area (Å²) in [6.45, 7) is 7.50. The Bertz CT molecular complexity index is 632. The smallest absolute Gasteiger partial charge is 0.275 e. The molecule has 5 nitrogen and oxygen atoms in total. The van der Waals surface area contributed by atoms with Gasteiger partial charge in [0.1, 0.15) is 44.3 Å². The Morgan fingerprint density at radius 3 is 2.59 bits per heavy atom.